The van der Waals surface area contributed by atoms with Gasteiger partial charge in [0, 0.05) is 12.6 Å². The van der Waals surface area contributed by atoms with E-state index in [2.05, 4.69) is 4.40 Å². The van der Waals surface area contributed by atoms with Gasteiger partial charge in [0.2, 0.25) is 0 Å². The van der Waals surface area contributed by atoms with Crippen LogP contribution in [-0.2, 0) is 11.0 Å². The molecule has 1 atom stereocenters. The molecule has 0 aliphatic carbocycles. The van der Waals surface area contributed by atoms with Crippen LogP contribution in [0.4, 0.5) is 13.2 Å². The Morgan fingerprint density at radius 2 is 1.79 bits per heavy atom. The maximum Gasteiger partial charge on any atom is 0.389 e. The van der Waals surface area contributed by atoms with Gasteiger partial charge in [-0.2, -0.15) is 17.6 Å². The van der Waals surface area contributed by atoms with Crippen molar-refractivity contribution in [1.29, 1.82) is 0 Å². The maximum atomic E-state index is 11.7. The summed E-state index contributed by atoms with van der Waals surface area (Å²) in [4.78, 5) is 0. The minimum absolute atomic E-state index is 0.217. The second kappa shape index (κ2) is 4.91. The molecule has 0 amide bonds. The molecule has 0 aliphatic rings. The summed E-state index contributed by atoms with van der Waals surface area (Å²) in [5.41, 5.74) is 0. The molecule has 0 saturated carbocycles. The fourth-order valence-corrected chi connectivity index (χ4v) is 1.06. The molecule has 14 heavy (non-hydrogen) atoms. The highest BCUT2D eigenvalue weighted by Crippen LogP contribution is 2.20. The Balaban J connectivity index is 3.92. The van der Waals surface area contributed by atoms with E-state index in [1.807, 2.05) is 0 Å². The third-order valence-electron chi connectivity index (χ3n) is 1.25. The van der Waals surface area contributed by atoms with Gasteiger partial charge >= 0.3 is 6.18 Å². The highest BCUT2D eigenvalue weighted by molar-refractivity contribution is 7.85. The maximum absolute atomic E-state index is 11.7. The van der Waals surface area contributed by atoms with Gasteiger partial charge in [-0.15, -0.1) is 0 Å². The number of alkyl halides is 3. The average Bonchev–Trinajstić information content (AvgIpc) is 1.93. The van der Waals surface area contributed by atoms with E-state index in [9.17, 15) is 17.4 Å². The zero-order valence-electron chi connectivity index (χ0n) is 8.39. The number of nitrogens with zero attached hydrogens (tertiary/aromatic N) is 1. The standard InChI is InChI=1S/C8H14F3NOS/c1-7(2,3)14(13)12-6-4-5-8(9,10)11/h6H,4-5H2,1-3H3/t14-/m1/s1. The molecule has 2 nitrogen and oxygen atoms in total. The summed E-state index contributed by atoms with van der Waals surface area (Å²) in [6.45, 7) is 5.14. The molecular formula is C8H14F3NOS. The summed E-state index contributed by atoms with van der Waals surface area (Å²) in [5, 5.41) is 0. The van der Waals surface area contributed by atoms with Gasteiger partial charge in [0.15, 0.2) is 0 Å². The molecule has 0 aromatic rings. The van der Waals surface area contributed by atoms with Gasteiger partial charge in [-0.3, -0.25) is 0 Å². The molecule has 0 unspecified atom stereocenters. The SMILES string of the molecule is CC(C)(C)[S@@](=O)N=CCCC(F)(F)F. The summed E-state index contributed by atoms with van der Waals surface area (Å²) < 4.78 is 49.3. The third kappa shape index (κ3) is 7.06. The van der Waals surface area contributed by atoms with Crippen molar-refractivity contribution in [1.82, 2.24) is 0 Å². The van der Waals surface area contributed by atoms with Crippen LogP contribution in [0, 0.1) is 0 Å². The van der Waals surface area contributed by atoms with Gasteiger partial charge in [-0.1, -0.05) is 0 Å². The summed E-state index contributed by atoms with van der Waals surface area (Å²) in [6, 6.07) is 0. The lowest BCUT2D eigenvalue weighted by Crippen LogP contribution is -2.19. The van der Waals surface area contributed by atoms with E-state index in [1.165, 1.54) is 0 Å². The van der Waals surface area contributed by atoms with Gasteiger partial charge in [0.25, 0.3) is 0 Å². The van der Waals surface area contributed by atoms with Gasteiger partial charge in [0.05, 0.1) is 4.75 Å². The van der Waals surface area contributed by atoms with E-state index >= 15 is 0 Å². The van der Waals surface area contributed by atoms with Crippen molar-refractivity contribution >= 4 is 17.2 Å². The van der Waals surface area contributed by atoms with E-state index in [-0.39, 0.29) is 6.42 Å². The van der Waals surface area contributed by atoms with Gasteiger partial charge in [-0.25, -0.2) is 4.21 Å². The topological polar surface area (TPSA) is 29.4 Å². The van der Waals surface area contributed by atoms with E-state index in [0.717, 1.165) is 6.21 Å². The average molecular weight is 229 g/mol. The quantitative estimate of drug-likeness (QED) is 0.684. The first-order chi connectivity index (χ1) is 6.13. The van der Waals surface area contributed by atoms with E-state index < -0.39 is 28.3 Å². The molecule has 0 saturated heterocycles. The molecule has 0 N–H and O–H groups in total. The summed E-state index contributed by atoms with van der Waals surface area (Å²) >= 11 is 0. The minimum Gasteiger partial charge on any atom is -0.234 e. The number of halogens is 3. The monoisotopic (exact) mass is 229 g/mol. The van der Waals surface area contributed by atoms with Gasteiger partial charge < -0.3 is 0 Å². The van der Waals surface area contributed by atoms with Crippen LogP contribution >= 0.6 is 0 Å². The minimum atomic E-state index is -4.17. The van der Waals surface area contributed by atoms with Crippen molar-refractivity contribution in [3.63, 3.8) is 0 Å². The second-order valence-electron chi connectivity index (χ2n) is 3.80. The van der Waals surface area contributed by atoms with Crippen LogP contribution in [0.3, 0.4) is 0 Å². The highest BCUT2D eigenvalue weighted by atomic mass is 32.2. The summed E-state index contributed by atoms with van der Waals surface area (Å²) in [7, 11) is -1.46. The molecule has 0 spiro atoms. The molecule has 6 heteroatoms. The Morgan fingerprint density at radius 3 is 2.14 bits per heavy atom. The first-order valence-electron chi connectivity index (χ1n) is 4.14. The van der Waals surface area contributed by atoms with Crippen molar-refractivity contribution < 1.29 is 17.4 Å². The second-order valence-corrected chi connectivity index (χ2v) is 5.74. The van der Waals surface area contributed by atoms with Crippen molar-refractivity contribution in [2.75, 3.05) is 0 Å². The van der Waals surface area contributed by atoms with Crippen LogP contribution in [0.15, 0.2) is 4.40 Å². The first-order valence-corrected chi connectivity index (χ1v) is 5.25. The van der Waals surface area contributed by atoms with Crippen LogP contribution < -0.4 is 0 Å². The molecule has 84 valence electrons. The molecule has 0 aromatic carbocycles. The number of hydrogen-bond acceptors (Lipinski definition) is 1. The fourth-order valence-electron chi connectivity index (χ4n) is 0.507. The normalized spacial score (nSPS) is 16.1. The zero-order chi connectivity index (χ0) is 11.4. The van der Waals surface area contributed by atoms with Crippen LogP contribution in [0.2, 0.25) is 0 Å². The molecule has 0 bridgehead atoms. The van der Waals surface area contributed by atoms with Crippen LogP contribution in [-0.4, -0.2) is 21.3 Å². The largest absolute Gasteiger partial charge is 0.389 e. The highest BCUT2D eigenvalue weighted by Gasteiger charge is 2.25. The van der Waals surface area contributed by atoms with E-state index in [4.69, 9.17) is 0 Å². The summed E-state index contributed by atoms with van der Waals surface area (Å²) in [5.74, 6) is 0. The lowest BCUT2D eigenvalue weighted by Gasteiger charge is -2.12. The Hall–Kier alpha value is -0.390. The third-order valence-corrected chi connectivity index (χ3v) is 2.64. The Bertz CT molecular complexity index is 230. The lowest BCUT2D eigenvalue weighted by atomic mass is 10.3. The molecule has 0 radical (unpaired) electrons. The molecular weight excluding hydrogens is 215 g/mol. The van der Waals surface area contributed by atoms with Crippen molar-refractivity contribution in [3.8, 4) is 0 Å². The Kier molecular flexibility index (Phi) is 4.77. The smallest absolute Gasteiger partial charge is 0.234 e. The lowest BCUT2D eigenvalue weighted by molar-refractivity contribution is -0.132. The van der Waals surface area contributed by atoms with Crippen LogP contribution in [0.25, 0.3) is 0 Å². The predicted octanol–water partition coefficient (Wildman–Crippen LogP) is 2.86. The molecule has 0 heterocycles. The number of rotatable bonds is 3. The fraction of sp³-hybridized carbons (Fsp3) is 0.875. The molecule has 0 rings (SSSR count). The van der Waals surface area contributed by atoms with Crippen LogP contribution in [0.5, 0.6) is 0 Å². The first kappa shape index (κ1) is 13.6. The van der Waals surface area contributed by atoms with E-state index in [1.54, 1.807) is 20.8 Å². The van der Waals surface area contributed by atoms with Crippen molar-refractivity contribution in [3.05, 3.63) is 0 Å². The molecule has 0 fully saturated rings. The van der Waals surface area contributed by atoms with Gasteiger partial charge in [0.1, 0.15) is 11.0 Å². The van der Waals surface area contributed by atoms with Crippen molar-refractivity contribution in [2.24, 2.45) is 4.40 Å². The molecule has 0 aliphatic heterocycles. The Labute approximate surface area is 84.2 Å². The number of hydrogen-bond donors (Lipinski definition) is 0. The van der Waals surface area contributed by atoms with Crippen LogP contribution in [0.1, 0.15) is 33.6 Å². The van der Waals surface area contributed by atoms with Crippen molar-refractivity contribution in [2.45, 2.75) is 44.5 Å². The predicted molar refractivity (Wildman–Crippen MR) is 51.7 cm³/mol. The van der Waals surface area contributed by atoms with E-state index in [0.29, 0.717) is 0 Å². The summed E-state index contributed by atoms with van der Waals surface area (Å²) in [6.07, 6.45) is -4.23. The Morgan fingerprint density at radius 1 is 1.29 bits per heavy atom. The van der Waals surface area contributed by atoms with Gasteiger partial charge in [-0.05, 0) is 27.2 Å². The molecule has 0 aromatic heterocycles. The zero-order valence-corrected chi connectivity index (χ0v) is 9.21.